The Morgan fingerprint density at radius 2 is 2.22 bits per heavy atom. The fourth-order valence-corrected chi connectivity index (χ4v) is 2.22. The first kappa shape index (κ1) is 13.3. The van der Waals surface area contributed by atoms with Gasteiger partial charge in [0, 0.05) is 10.7 Å². The Morgan fingerprint density at radius 3 is 2.89 bits per heavy atom. The zero-order valence-electron chi connectivity index (χ0n) is 10.0. The van der Waals surface area contributed by atoms with E-state index in [1.165, 1.54) is 0 Å². The van der Waals surface area contributed by atoms with Crippen molar-refractivity contribution < 1.29 is 9.90 Å². The molecule has 98 valence electrons. The van der Waals surface area contributed by atoms with Crippen molar-refractivity contribution in [2.45, 2.75) is 18.9 Å². The third-order valence-corrected chi connectivity index (χ3v) is 3.27. The number of carbonyl (C=O) groups excluding carboxylic acids is 1. The van der Waals surface area contributed by atoms with E-state index in [-0.39, 0.29) is 18.6 Å². The van der Waals surface area contributed by atoms with Crippen molar-refractivity contribution in [2.24, 2.45) is 5.92 Å². The topological polar surface area (TPSA) is 61.4 Å². The number of nitrogens with one attached hydrogen (secondary N) is 2. The molecule has 2 rings (SSSR count). The molecule has 0 spiro atoms. The van der Waals surface area contributed by atoms with Gasteiger partial charge in [0.1, 0.15) is 0 Å². The Labute approximate surface area is 111 Å². The Morgan fingerprint density at radius 1 is 1.44 bits per heavy atom. The SMILES string of the molecule is O=C(CNCC1CC(O)C1)Nc1cccc(Cl)c1. The minimum absolute atomic E-state index is 0.0860. The Hall–Kier alpha value is -1.10. The molecule has 0 saturated heterocycles. The molecule has 3 N–H and O–H groups in total. The van der Waals surface area contributed by atoms with Gasteiger partial charge >= 0.3 is 0 Å². The normalized spacial score (nSPS) is 22.3. The van der Waals surface area contributed by atoms with Crippen LogP contribution in [-0.4, -0.2) is 30.2 Å². The number of anilines is 1. The fourth-order valence-electron chi connectivity index (χ4n) is 2.03. The first-order valence-electron chi connectivity index (χ1n) is 6.07. The molecule has 1 aliphatic rings. The van der Waals surface area contributed by atoms with Crippen LogP contribution in [0.1, 0.15) is 12.8 Å². The van der Waals surface area contributed by atoms with E-state index in [2.05, 4.69) is 10.6 Å². The molecule has 5 heteroatoms. The molecule has 1 aromatic carbocycles. The van der Waals surface area contributed by atoms with E-state index >= 15 is 0 Å². The number of aliphatic hydroxyl groups is 1. The third-order valence-electron chi connectivity index (χ3n) is 3.04. The van der Waals surface area contributed by atoms with Crippen LogP contribution in [-0.2, 0) is 4.79 Å². The molecule has 0 aliphatic heterocycles. The highest BCUT2D eigenvalue weighted by Gasteiger charge is 2.26. The van der Waals surface area contributed by atoms with Crippen LogP contribution in [0.2, 0.25) is 5.02 Å². The molecule has 0 heterocycles. The molecule has 1 aliphatic carbocycles. The Kier molecular flexibility index (Phi) is 4.58. The zero-order valence-corrected chi connectivity index (χ0v) is 10.8. The standard InChI is InChI=1S/C13H17ClN2O2/c14-10-2-1-3-11(6-10)16-13(18)8-15-7-9-4-12(17)5-9/h1-3,6,9,12,15,17H,4-5,7-8H2,(H,16,18). The van der Waals surface area contributed by atoms with Crippen LogP contribution < -0.4 is 10.6 Å². The second kappa shape index (κ2) is 6.18. The lowest BCUT2D eigenvalue weighted by Crippen LogP contribution is -2.38. The van der Waals surface area contributed by atoms with Crippen LogP contribution >= 0.6 is 11.6 Å². The molecule has 0 radical (unpaired) electrons. The summed E-state index contributed by atoms with van der Waals surface area (Å²) in [5.74, 6) is 0.413. The smallest absolute Gasteiger partial charge is 0.238 e. The second-order valence-corrected chi connectivity index (χ2v) is 5.12. The number of halogens is 1. The van der Waals surface area contributed by atoms with Crippen molar-refractivity contribution in [2.75, 3.05) is 18.4 Å². The van der Waals surface area contributed by atoms with Gasteiger partial charge in [0.2, 0.25) is 5.91 Å². The maximum absolute atomic E-state index is 11.6. The van der Waals surface area contributed by atoms with Crippen molar-refractivity contribution in [3.05, 3.63) is 29.3 Å². The first-order valence-corrected chi connectivity index (χ1v) is 6.45. The number of hydrogen-bond donors (Lipinski definition) is 3. The predicted molar refractivity (Wildman–Crippen MR) is 71.7 cm³/mol. The summed E-state index contributed by atoms with van der Waals surface area (Å²) < 4.78 is 0. The summed E-state index contributed by atoms with van der Waals surface area (Å²) in [5.41, 5.74) is 0.702. The predicted octanol–water partition coefficient (Wildman–Crippen LogP) is 1.64. The molecule has 1 aromatic rings. The maximum atomic E-state index is 11.6. The van der Waals surface area contributed by atoms with E-state index in [4.69, 9.17) is 16.7 Å². The zero-order chi connectivity index (χ0) is 13.0. The molecule has 1 fully saturated rings. The van der Waals surface area contributed by atoms with E-state index in [1.807, 2.05) is 0 Å². The van der Waals surface area contributed by atoms with Crippen molar-refractivity contribution in [1.82, 2.24) is 5.32 Å². The lowest BCUT2D eigenvalue weighted by Gasteiger charge is -2.31. The Balaban J connectivity index is 1.66. The van der Waals surface area contributed by atoms with Crippen molar-refractivity contribution in [3.63, 3.8) is 0 Å². The van der Waals surface area contributed by atoms with Crippen molar-refractivity contribution in [1.29, 1.82) is 0 Å². The van der Waals surface area contributed by atoms with Gasteiger partial charge in [-0.1, -0.05) is 17.7 Å². The van der Waals surface area contributed by atoms with E-state index < -0.39 is 0 Å². The molecule has 1 saturated carbocycles. The van der Waals surface area contributed by atoms with Gasteiger partial charge in [-0.05, 0) is 43.5 Å². The molecular weight excluding hydrogens is 252 g/mol. The number of aliphatic hydroxyl groups excluding tert-OH is 1. The molecule has 18 heavy (non-hydrogen) atoms. The van der Waals surface area contributed by atoms with Crippen LogP contribution in [0.15, 0.2) is 24.3 Å². The monoisotopic (exact) mass is 268 g/mol. The van der Waals surface area contributed by atoms with E-state index in [0.29, 0.717) is 16.6 Å². The molecule has 1 amide bonds. The van der Waals surface area contributed by atoms with E-state index in [1.54, 1.807) is 24.3 Å². The summed E-state index contributed by atoms with van der Waals surface area (Å²) in [5, 5.41) is 15.6. The van der Waals surface area contributed by atoms with Gasteiger partial charge < -0.3 is 15.7 Å². The molecule has 4 nitrogen and oxygen atoms in total. The van der Waals surface area contributed by atoms with Crippen LogP contribution in [0.3, 0.4) is 0 Å². The van der Waals surface area contributed by atoms with Crippen LogP contribution in [0, 0.1) is 5.92 Å². The average molecular weight is 269 g/mol. The summed E-state index contributed by atoms with van der Waals surface area (Å²) in [6, 6.07) is 7.06. The Bertz CT molecular complexity index is 419. The first-order chi connectivity index (χ1) is 8.63. The van der Waals surface area contributed by atoms with Crippen molar-refractivity contribution >= 4 is 23.2 Å². The number of amides is 1. The van der Waals surface area contributed by atoms with Gasteiger partial charge in [-0.3, -0.25) is 4.79 Å². The van der Waals surface area contributed by atoms with Gasteiger partial charge in [0.25, 0.3) is 0 Å². The number of benzene rings is 1. The number of hydrogen-bond acceptors (Lipinski definition) is 3. The maximum Gasteiger partial charge on any atom is 0.238 e. The van der Waals surface area contributed by atoms with Gasteiger partial charge in [0.05, 0.1) is 12.6 Å². The molecule has 0 unspecified atom stereocenters. The molecular formula is C13H17ClN2O2. The van der Waals surface area contributed by atoms with Gasteiger partial charge in [-0.25, -0.2) is 0 Å². The number of rotatable bonds is 5. The average Bonchev–Trinajstić information content (AvgIpc) is 2.26. The highest BCUT2D eigenvalue weighted by molar-refractivity contribution is 6.30. The minimum atomic E-state index is -0.142. The summed E-state index contributed by atoms with van der Waals surface area (Å²) in [7, 11) is 0. The summed E-state index contributed by atoms with van der Waals surface area (Å²) in [6.07, 6.45) is 1.53. The van der Waals surface area contributed by atoms with Gasteiger partial charge in [0.15, 0.2) is 0 Å². The molecule has 0 bridgehead atoms. The van der Waals surface area contributed by atoms with E-state index in [9.17, 15) is 4.79 Å². The number of carbonyl (C=O) groups is 1. The summed E-state index contributed by atoms with van der Waals surface area (Å²) >= 11 is 5.82. The quantitative estimate of drug-likeness (QED) is 0.761. The highest BCUT2D eigenvalue weighted by Crippen LogP contribution is 2.25. The van der Waals surface area contributed by atoms with Crippen LogP contribution in [0.5, 0.6) is 0 Å². The van der Waals surface area contributed by atoms with E-state index in [0.717, 1.165) is 19.4 Å². The highest BCUT2D eigenvalue weighted by atomic mass is 35.5. The van der Waals surface area contributed by atoms with Gasteiger partial charge in [-0.15, -0.1) is 0 Å². The van der Waals surface area contributed by atoms with Crippen molar-refractivity contribution in [3.8, 4) is 0 Å². The van der Waals surface area contributed by atoms with Gasteiger partial charge in [-0.2, -0.15) is 0 Å². The minimum Gasteiger partial charge on any atom is -0.393 e. The molecule has 0 atom stereocenters. The van der Waals surface area contributed by atoms with Crippen LogP contribution in [0.4, 0.5) is 5.69 Å². The lowest BCUT2D eigenvalue weighted by atomic mass is 9.82. The second-order valence-electron chi connectivity index (χ2n) is 4.68. The third kappa shape index (κ3) is 3.98. The molecule has 0 aromatic heterocycles. The largest absolute Gasteiger partial charge is 0.393 e. The summed E-state index contributed by atoms with van der Waals surface area (Å²) in [4.78, 5) is 11.6. The summed E-state index contributed by atoms with van der Waals surface area (Å²) in [6.45, 7) is 1.05. The van der Waals surface area contributed by atoms with Crippen LogP contribution in [0.25, 0.3) is 0 Å². The lowest BCUT2D eigenvalue weighted by molar-refractivity contribution is -0.115. The fraction of sp³-hybridized carbons (Fsp3) is 0.462.